The first-order valence-corrected chi connectivity index (χ1v) is 7.08. The number of nitrogens with one attached hydrogen (secondary N) is 1. The van der Waals surface area contributed by atoms with Crippen molar-refractivity contribution >= 4 is 38.3 Å². The number of rotatable bonds is 2. The van der Waals surface area contributed by atoms with E-state index in [1.807, 2.05) is 25.1 Å². The number of halogens is 1. The second kappa shape index (κ2) is 5.14. The lowest BCUT2D eigenvalue weighted by atomic mass is 10.1. The van der Waals surface area contributed by atoms with Gasteiger partial charge in [0, 0.05) is 5.69 Å². The molecule has 0 unspecified atom stereocenters. The first kappa shape index (κ1) is 13.5. The number of aryl methyl sites for hydroxylation is 1. The third kappa shape index (κ3) is 2.71. The van der Waals surface area contributed by atoms with E-state index in [1.54, 1.807) is 0 Å². The second-order valence-corrected chi connectivity index (χ2v) is 5.71. The van der Waals surface area contributed by atoms with Gasteiger partial charge in [0.05, 0.1) is 15.8 Å². The molecule has 0 aliphatic carbocycles. The number of carbonyl (C=O) groups excluding carboxylic acids is 1. The van der Waals surface area contributed by atoms with E-state index in [1.165, 1.54) is 23.5 Å². The molecule has 2 aromatic carbocycles. The summed E-state index contributed by atoms with van der Waals surface area (Å²) in [5.41, 5.74) is 7.94. The number of aromatic nitrogens is 1. The Labute approximate surface area is 124 Å². The third-order valence-electron chi connectivity index (χ3n) is 3.02. The zero-order valence-electron chi connectivity index (χ0n) is 11.2. The molecular weight excluding hydrogens is 289 g/mol. The summed E-state index contributed by atoms with van der Waals surface area (Å²) >= 11 is 1.39. The molecular formula is C15H12FN3OS. The predicted octanol–water partition coefficient (Wildman–Crippen LogP) is 3.58. The number of fused-ring (bicyclic) bond motifs is 1. The highest BCUT2D eigenvalue weighted by Gasteiger charge is 2.13. The molecule has 0 bridgehead atoms. The van der Waals surface area contributed by atoms with Gasteiger partial charge in [-0.2, -0.15) is 0 Å². The van der Waals surface area contributed by atoms with Gasteiger partial charge in [-0.3, -0.25) is 10.1 Å². The maximum atomic E-state index is 13.0. The molecule has 1 amide bonds. The highest BCUT2D eigenvalue weighted by molar-refractivity contribution is 7.22. The molecule has 106 valence electrons. The van der Waals surface area contributed by atoms with Crippen molar-refractivity contribution in [3.8, 4) is 0 Å². The van der Waals surface area contributed by atoms with Crippen molar-refractivity contribution in [3.63, 3.8) is 0 Å². The predicted molar refractivity (Wildman–Crippen MR) is 83.1 cm³/mol. The highest BCUT2D eigenvalue weighted by atomic mass is 32.1. The van der Waals surface area contributed by atoms with E-state index in [2.05, 4.69) is 10.3 Å². The van der Waals surface area contributed by atoms with Crippen LogP contribution in [0.4, 0.5) is 15.2 Å². The maximum Gasteiger partial charge on any atom is 0.259 e. The quantitative estimate of drug-likeness (QED) is 0.711. The summed E-state index contributed by atoms with van der Waals surface area (Å²) in [4.78, 5) is 16.5. The van der Waals surface area contributed by atoms with Crippen LogP contribution in [-0.4, -0.2) is 10.9 Å². The average Bonchev–Trinajstić information content (AvgIpc) is 2.79. The number of thiazole rings is 1. The fourth-order valence-corrected chi connectivity index (χ4v) is 2.95. The minimum atomic E-state index is -0.473. The van der Waals surface area contributed by atoms with Crippen molar-refractivity contribution in [3.05, 3.63) is 53.3 Å². The Morgan fingerprint density at radius 1 is 1.29 bits per heavy atom. The Hall–Kier alpha value is -2.47. The Bertz CT molecular complexity index is 844. The lowest BCUT2D eigenvalue weighted by Crippen LogP contribution is -2.13. The molecule has 1 aromatic heterocycles. The largest absolute Gasteiger partial charge is 0.398 e. The van der Waals surface area contributed by atoms with Crippen LogP contribution in [0, 0.1) is 12.7 Å². The highest BCUT2D eigenvalue weighted by Crippen LogP contribution is 2.27. The summed E-state index contributed by atoms with van der Waals surface area (Å²) in [6.45, 7) is 2.00. The van der Waals surface area contributed by atoms with Gasteiger partial charge in [0.1, 0.15) is 5.82 Å². The number of nitrogen functional groups attached to an aromatic ring is 1. The summed E-state index contributed by atoms with van der Waals surface area (Å²) in [5.74, 6) is -0.872. The number of hydrogen-bond donors (Lipinski definition) is 2. The lowest BCUT2D eigenvalue weighted by molar-refractivity contribution is 0.102. The Morgan fingerprint density at radius 3 is 2.86 bits per heavy atom. The van der Waals surface area contributed by atoms with Gasteiger partial charge < -0.3 is 5.73 Å². The van der Waals surface area contributed by atoms with Gasteiger partial charge in [-0.15, -0.1) is 0 Å². The molecule has 4 nitrogen and oxygen atoms in total. The molecule has 0 saturated heterocycles. The molecule has 3 N–H and O–H groups in total. The van der Waals surface area contributed by atoms with Crippen LogP contribution >= 0.6 is 11.3 Å². The Balaban J connectivity index is 1.89. The van der Waals surface area contributed by atoms with Crippen LogP contribution in [0.25, 0.3) is 10.2 Å². The molecule has 0 radical (unpaired) electrons. The fraction of sp³-hybridized carbons (Fsp3) is 0.0667. The number of nitrogens with two attached hydrogens (primary N) is 1. The standard InChI is InChI=1S/C15H12FN3OS/c1-8-2-5-12-13(6-8)21-15(18-12)19-14(20)10-4-3-9(16)7-11(10)17/h2-7H,17H2,1H3,(H,18,19,20). The minimum absolute atomic E-state index is 0.101. The van der Waals surface area contributed by atoms with Gasteiger partial charge >= 0.3 is 0 Å². The number of benzene rings is 2. The van der Waals surface area contributed by atoms with Gasteiger partial charge in [-0.1, -0.05) is 17.4 Å². The van der Waals surface area contributed by atoms with Gasteiger partial charge in [0.15, 0.2) is 5.13 Å². The smallest absolute Gasteiger partial charge is 0.259 e. The van der Waals surface area contributed by atoms with Crippen molar-refractivity contribution < 1.29 is 9.18 Å². The van der Waals surface area contributed by atoms with Crippen LogP contribution < -0.4 is 11.1 Å². The molecule has 0 atom stereocenters. The average molecular weight is 301 g/mol. The van der Waals surface area contributed by atoms with E-state index in [0.717, 1.165) is 21.8 Å². The zero-order chi connectivity index (χ0) is 15.0. The summed E-state index contributed by atoms with van der Waals surface area (Å²) in [7, 11) is 0. The maximum absolute atomic E-state index is 13.0. The fourth-order valence-electron chi connectivity index (χ4n) is 1.99. The van der Waals surface area contributed by atoms with Crippen LogP contribution in [0.3, 0.4) is 0 Å². The van der Waals surface area contributed by atoms with Crippen molar-refractivity contribution in [2.75, 3.05) is 11.1 Å². The third-order valence-corrected chi connectivity index (χ3v) is 3.96. The molecule has 3 rings (SSSR count). The molecule has 1 heterocycles. The lowest BCUT2D eigenvalue weighted by Gasteiger charge is -2.04. The van der Waals surface area contributed by atoms with E-state index < -0.39 is 11.7 Å². The van der Waals surface area contributed by atoms with Crippen LogP contribution in [0.2, 0.25) is 0 Å². The van der Waals surface area contributed by atoms with Crippen molar-refractivity contribution in [2.45, 2.75) is 6.92 Å². The van der Waals surface area contributed by atoms with Crippen LogP contribution in [0.5, 0.6) is 0 Å². The van der Waals surface area contributed by atoms with E-state index in [0.29, 0.717) is 5.13 Å². The van der Waals surface area contributed by atoms with Gasteiger partial charge in [0.25, 0.3) is 5.91 Å². The number of carbonyl (C=O) groups is 1. The van der Waals surface area contributed by atoms with Gasteiger partial charge in [0.2, 0.25) is 0 Å². The molecule has 0 aliphatic heterocycles. The molecule has 6 heteroatoms. The van der Waals surface area contributed by atoms with E-state index in [4.69, 9.17) is 5.73 Å². The van der Waals surface area contributed by atoms with Crippen LogP contribution in [0.15, 0.2) is 36.4 Å². The molecule has 0 spiro atoms. The van der Waals surface area contributed by atoms with E-state index >= 15 is 0 Å². The Morgan fingerprint density at radius 2 is 2.10 bits per heavy atom. The molecule has 0 aliphatic rings. The summed E-state index contributed by atoms with van der Waals surface area (Å²) < 4.78 is 14.0. The van der Waals surface area contributed by atoms with Gasteiger partial charge in [-0.05, 0) is 42.8 Å². The Kier molecular flexibility index (Phi) is 3.31. The monoisotopic (exact) mass is 301 g/mol. The SMILES string of the molecule is Cc1ccc2nc(NC(=O)c3ccc(F)cc3N)sc2c1. The van der Waals surface area contributed by atoms with Crippen LogP contribution in [-0.2, 0) is 0 Å². The summed E-state index contributed by atoms with van der Waals surface area (Å²) in [6.07, 6.45) is 0. The first-order chi connectivity index (χ1) is 10.0. The molecule has 0 saturated carbocycles. The van der Waals surface area contributed by atoms with E-state index in [9.17, 15) is 9.18 Å². The van der Waals surface area contributed by atoms with Crippen molar-refractivity contribution in [1.29, 1.82) is 0 Å². The number of anilines is 2. The summed E-state index contributed by atoms with van der Waals surface area (Å²) in [5, 5.41) is 3.18. The number of nitrogens with zero attached hydrogens (tertiary/aromatic N) is 1. The van der Waals surface area contributed by atoms with Crippen molar-refractivity contribution in [1.82, 2.24) is 4.98 Å². The minimum Gasteiger partial charge on any atom is -0.398 e. The van der Waals surface area contributed by atoms with Gasteiger partial charge in [-0.25, -0.2) is 9.37 Å². The van der Waals surface area contributed by atoms with Crippen LogP contribution in [0.1, 0.15) is 15.9 Å². The van der Waals surface area contributed by atoms with E-state index in [-0.39, 0.29) is 11.3 Å². The zero-order valence-corrected chi connectivity index (χ0v) is 12.0. The number of hydrogen-bond acceptors (Lipinski definition) is 4. The molecule has 3 aromatic rings. The summed E-state index contributed by atoms with van der Waals surface area (Å²) in [6, 6.07) is 9.56. The topological polar surface area (TPSA) is 68.0 Å². The van der Waals surface area contributed by atoms with Crippen molar-refractivity contribution in [2.24, 2.45) is 0 Å². The molecule has 0 fully saturated rings. The first-order valence-electron chi connectivity index (χ1n) is 6.26. The normalized spacial score (nSPS) is 10.8. The molecule has 21 heavy (non-hydrogen) atoms. The second-order valence-electron chi connectivity index (χ2n) is 4.68. The number of amides is 1.